The average Bonchev–Trinajstić information content (AvgIpc) is 3.07. The molecule has 0 saturated heterocycles. The number of unbranched alkanes of at least 4 members (excludes halogenated alkanes) is 1. The highest BCUT2D eigenvalue weighted by molar-refractivity contribution is 5.79. The lowest BCUT2D eigenvalue weighted by molar-refractivity contribution is -0.127. The van der Waals surface area contributed by atoms with Gasteiger partial charge in [-0.25, -0.2) is 10.5 Å². The maximum atomic E-state index is 11.4. The lowest BCUT2D eigenvalue weighted by Crippen LogP contribution is -2.27. The Kier molecular flexibility index (Phi) is 6.27. The zero-order chi connectivity index (χ0) is 19.1. The summed E-state index contributed by atoms with van der Waals surface area (Å²) in [4.78, 5) is 16.0. The van der Waals surface area contributed by atoms with E-state index in [4.69, 9.17) is 9.94 Å². The maximum absolute atomic E-state index is 11.4. The Bertz CT molecular complexity index is 893. The number of fused-ring (bicyclic) bond motifs is 1. The molecule has 27 heavy (non-hydrogen) atoms. The van der Waals surface area contributed by atoms with Crippen molar-refractivity contribution in [2.24, 2.45) is 0 Å². The van der Waals surface area contributed by atoms with Gasteiger partial charge >= 0.3 is 0 Å². The molecule has 0 fully saturated rings. The van der Waals surface area contributed by atoms with Crippen LogP contribution < -0.4 is 15.5 Å². The summed E-state index contributed by atoms with van der Waals surface area (Å²) in [7, 11) is 0. The normalized spacial score (nSPS) is 10.7. The standard InChI is InChI=1S/C20H24N4O3/c1-2-3-10-16-19(21-13-18(25)23-26)22-20-17(11-7-12-24(16)20)27-14-15-8-5-4-6-9-15/h4-9,11-12,21,26H,2-3,10,13-14H2,1H3,(H,23,25). The number of hydrogen-bond acceptors (Lipinski definition) is 5. The molecule has 0 aliphatic heterocycles. The number of hydrogen-bond donors (Lipinski definition) is 3. The highest BCUT2D eigenvalue weighted by Gasteiger charge is 2.16. The Hall–Kier alpha value is -3.06. The number of aryl methyl sites for hydroxylation is 1. The summed E-state index contributed by atoms with van der Waals surface area (Å²) < 4.78 is 7.99. The fourth-order valence-corrected chi connectivity index (χ4v) is 2.87. The molecule has 1 aromatic carbocycles. The van der Waals surface area contributed by atoms with E-state index in [1.807, 2.05) is 53.1 Å². The molecule has 2 heterocycles. The molecule has 3 aromatic rings. The fraction of sp³-hybridized carbons (Fsp3) is 0.300. The van der Waals surface area contributed by atoms with Gasteiger partial charge in [0.15, 0.2) is 11.4 Å². The number of rotatable bonds is 9. The number of benzene rings is 1. The zero-order valence-electron chi connectivity index (χ0n) is 15.3. The van der Waals surface area contributed by atoms with Crippen molar-refractivity contribution in [3.8, 4) is 5.75 Å². The first-order valence-corrected chi connectivity index (χ1v) is 9.06. The molecule has 0 saturated carbocycles. The smallest absolute Gasteiger partial charge is 0.262 e. The predicted octanol–water partition coefficient (Wildman–Crippen LogP) is 3.17. The summed E-state index contributed by atoms with van der Waals surface area (Å²) in [6.45, 7) is 2.52. The van der Waals surface area contributed by atoms with Gasteiger partial charge in [0, 0.05) is 6.20 Å². The Morgan fingerprint density at radius 1 is 1.22 bits per heavy atom. The van der Waals surface area contributed by atoms with E-state index < -0.39 is 5.91 Å². The topological polar surface area (TPSA) is 87.9 Å². The third kappa shape index (κ3) is 4.57. The summed E-state index contributed by atoms with van der Waals surface area (Å²) in [6.07, 6.45) is 4.82. The van der Waals surface area contributed by atoms with Gasteiger partial charge < -0.3 is 10.1 Å². The number of carbonyl (C=O) groups excluding carboxylic acids is 1. The SMILES string of the molecule is CCCCc1c(NCC(=O)NO)nc2c(OCc3ccccc3)cccn12. The van der Waals surface area contributed by atoms with E-state index in [0.717, 1.165) is 30.5 Å². The van der Waals surface area contributed by atoms with Gasteiger partial charge in [0.05, 0.1) is 12.2 Å². The molecule has 142 valence electrons. The number of amides is 1. The van der Waals surface area contributed by atoms with E-state index in [0.29, 0.717) is 23.8 Å². The molecule has 7 heteroatoms. The van der Waals surface area contributed by atoms with E-state index in [2.05, 4.69) is 17.2 Å². The molecule has 0 aliphatic carbocycles. The van der Waals surface area contributed by atoms with Crippen LogP contribution in [0.2, 0.25) is 0 Å². The quantitative estimate of drug-likeness (QED) is 0.399. The second kappa shape index (κ2) is 9.05. The first-order chi connectivity index (χ1) is 13.2. The molecule has 0 atom stereocenters. The maximum Gasteiger partial charge on any atom is 0.262 e. The van der Waals surface area contributed by atoms with Crippen LogP contribution in [-0.4, -0.2) is 27.0 Å². The van der Waals surface area contributed by atoms with Crippen molar-refractivity contribution in [1.29, 1.82) is 0 Å². The first kappa shape index (κ1) is 18.7. The molecule has 0 unspecified atom stereocenters. The van der Waals surface area contributed by atoms with Crippen LogP contribution in [0.1, 0.15) is 31.0 Å². The molecular weight excluding hydrogens is 344 g/mol. The fourth-order valence-electron chi connectivity index (χ4n) is 2.87. The largest absolute Gasteiger partial charge is 0.485 e. The first-order valence-electron chi connectivity index (χ1n) is 9.06. The van der Waals surface area contributed by atoms with Gasteiger partial charge in [0.1, 0.15) is 12.4 Å². The highest BCUT2D eigenvalue weighted by atomic mass is 16.5. The second-order valence-electron chi connectivity index (χ2n) is 6.24. The summed E-state index contributed by atoms with van der Waals surface area (Å²) in [5.74, 6) is 0.788. The molecule has 3 rings (SSSR count). The molecule has 1 amide bonds. The van der Waals surface area contributed by atoms with Gasteiger partial charge in [0.25, 0.3) is 5.91 Å². The summed E-state index contributed by atoms with van der Waals surface area (Å²) in [5, 5.41) is 11.7. The van der Waals surface area contributed by atoms with Crippen molar-refractivity contribution in [3.63, 3.8) is 0 Å². The third-order valence-corrected chi connectivity index (χ3v) is 4.26. The molecule has 0 aliphatic rings. The van der Waals surface area contributed by atoms with E-state index in [-0.39, 0.29) is 6.54 Å². The van der Waals surface area contributed by atoms with Gasteiger partial charge in [-0.15, -0.1) is 0 Å². The van der Waals surface area contributed by atoms with Gasteiger partial charge in [-0.3, -0.25) is 14.4 Å². The molecule has 0 spiro atoms. The minimum absolute atomic E-state index is 0.0558. The monoisotopic (exact) mass is 368 g/mol. The number of pyridine rings is 1. The van der Waals surface area contributed by atoms with Crippen molar-refractivity contribution in [3.05, 3.63) is 59.9 Å². The average molecular weight is 368 g/mol. The van der Waals surface area contributed by atoms with Crippen molar-refractivity contribution in [2.75, 3.05) is 11.9 Å². The minimum Gasteiger partial charge on any atom is -0.485 e. The summed E-state index contributed by atoms with van der Waals surface area (Å²) in [6, 6.07) is 13.8. The zero-order valence-corrected chi connectivity index (χ0v) is 15.3. The summed E-state index contributed by atoms with van der Waals surface area (Å²) >= 11 is 0. The Morgan fingerprint density at radius 2 is 2.04 bits per heavy atom. The predicted molar refractivity (Wildman–Crippen MR) is 103 cm³/mol. The third-order valence-electron chi connectivity index (χ3n) is 4.26. The van der Waals surface area contributed by atoms with Crippen LogP contribution in [0.5, 0.6) is 5.75 Å². The van der Waals surface area contributed by atoms with Crippen LogP contribution in [-0.2, 0) is 17.8 Å². The lowest BCUT2D eigenvalue weighted by atomic mass is 10.2. The number of anilines is 1. The number of hydroxylamine groups is 1. The Balaban J connectivity index is 1.88. The molecule has 0 bridgehead atoms. The highest BCUT2D eigenvalue weighted by Crippen LogP contribution is 2.27. The van der Waals surface area contributed by atoms with Crippen LogP contribution in [0, 0.1) is 0 Å². The number of nitrogens with one attached hydrogen (secondary N) is 2. The Morgan fingerprint density at radius 3 is 2.78 bits per heavy atom. The second-order valence-corrected chi connectivity index (χ2v) is 6.24. The molecular formula is C20H24N4O3. The molecule has 0 radical (unpaired) electrons. The lowest BCUT2D eigenvalue weighted by Gasteiger charge is -2.08. The van der Waals surface area contributed by atoms with E-state index in [1.165, 1.54) is 0 Å². The van der Waals surface area contributed by atoms with E-state index in [1.54, 1.807) is 5.48 Å². The van der Waals surface area contributed by atoms with E-state index >= 15 is 0 Å². The molecule has 7 nitrogen and oxygen atoms in total. The van der Waals surface area contributed by atoms with Crippen LogP contribution in [0.4, 0.5) is 5.82 Å². The number of ether oxygens (including phenoxy) is 1. The molecule has 2 aromatic heterocycles. The number of nitrogens with zero attached hydrogens (tertiary/aromatic N) is 2. The van der Waals surface area contributed by atoms with Crippen LogP contribution in [0.15, 0.2) is 48.7 Å². The van der Waals surface area contributed by atoms with Crippen molar-refractivity contribution < 1.29 is 14.7 Å². The van der Waals surface area contributed by atoms with Gasteiger partial charge in [-0.1, -0.05) is 43.7 Å². The van der Waals surface area contributed by atoms with Gasteiger partial charge in [0.2, 0.25) is 0 Å². The van der Waals surface area contributed by atoms with Crippen molar-refractivity contribution in [2.45, 2.75) is 32.8 Å². The van der Waals surface area contributed by atoms with Crippen LogP contribution in [0.25, 0.3) is 5.65 Å². The van der Waals surface area contributed by atoms with E-state index in [9.17, 15) is 4.79 Å². The van der Waals surface area contributed by atoms with Crippen LogP contribution in [0.3, 0.4) is 0 Å². The van der Waals surface area contributed by atoms with Crippen molar-refractivity contribution >= 4 is 17.4 Å². The van der Waals surface area contributed by atoms with Gasteiger partial charge in [-0.2, -0.15) is 0 Å². The number of aromatic nitrogens is 2. The summed E-state index contributed by atoms with van der Waals surface area (Å²) in [5.41, 5.74) is 4.39. The molecule has 3 N–H and O–H groups in total. The number of imidazole rings is 1. The minimum atomic E-state index is -0.519. The van der Waals surface area contributed by atoms with Gasteiger partial charge in [-0.05, 0) is 30.5 Å². The Labute approximate surface area is 158 Å². The van der Waals surface area contributed by atoms with Crippen molar-refractivity contribution in [1.82, 2.24) is 14.9 Å². The number of carbonyl (C=O) groups is 1. The van der Waals surface area contributed by atoms with Crippen LogP contribution >= 0.6 is 0 Å².